The molecular formula is C20H24N2O4S2. The van der Waals surface area contributed by atoms with Crippen molar-refractivity contribution in [2.75, 3.05) is 13.2 Å². The van der Waals surface area contributed by atoms with Crippen LogP contribution in [0.5, 0.6) is 5.75 Å². The van der Waals surface area contributed by atoms with Gasteiger partial charge in [-0.25, -0.2) is 13.1 Å². The second-order valence-electron chi connectivity index (χ2n) is 6.32. The van der Waals surface area contributed by atoms with E-state index in [-0.39, 0.29) is 9.77 Å². The summed E-state index contributed by atoms with van der Waals surface area (Å²) >= 11 is 1.07. The van der Waals surface area contributed by atoms with E-state index >= 15 is 0 Å². The Balaban J connectivity index is 1.60. The lowest BCUT2D eigenvalue weighted by molar-refractivity contribution is 0.340. The minimum atomic E-state index is -3.61. The van der Waals surface area contributed by atoms with E-state index in [9.17, 15) is 13.2 Å². The highest BCUT2D eigenvalue weighted by Gasteiger charge is 2.16. The monoisotopic (exact) mass is 420 g/mol. The number of sulfonamides is 1. The van der Waals surface area contributed by atoms with Crippen molar-refractivity contribution in [3.05, 3.63) is 57.7 Å². The van der Waals surface area contributed by atoms with E-state index in [4.69, 9.17) is 4.74 Å². The Bertz CT molecular complexity index is 1100. The third-order valence-electron chi connectivity index (χ3n) is 4.43. The second kappa shape index (κ2) is 8.89. The van der Waals surface area contributed by atoms with E-state index in [0.717, 1.165) is 34.6 Å². The molecular weight excluding hydrogens is 396 g/mol. The van der Waals surface area contributed by atoms with Crippen LogP contribution in [0.15, 0.2) is 52.2 Å². The number of ether oxygens (including phenoxy) is 1. The lowest BCUT2D eigenvalue weighted by Crippen LogP contribution is -2.25. The smallest absolute Gasteiger partial charge is 0.308 e. The van der Waals surface area contributed by atoms with Crippen LogP contribution in [-0.2, 0) is 23.0 Å². The van der Waals surface area contributed by atoms with Gasteiger partial charge in [0.1, 0.15) is 5.75 Å². The third-order valence-corrected chi connectivity index (χ3v) is 6.84. The number of thiazole rings is 1. The molecule has 28 heavy (non-hydrogen) atoms. The van der Waals surface area contributed by atoms with Crippen LogP contribution in [0.4, 0.5) is 0 Å². The van der Waals surface area contributed by atoms with Crippen LogP contribution in [0.1, 0.15) is 25.8 Å². The van der Waals surface area contributed by atoms with Crippen molar-refractivity contribution in [2.24, 2.45) is 0 Å². The molecule has 1 heterocycles. The number of hydrogen-bond acceptors (Lipinski definition) is 5. The first-order valence-electron chi connectivity index (χ1n) is 9.29. The Morgan fingerprint density at radius 2 is 1.86 bits per heavy atom. The molecule has 0 aliphatic carbocycles. The molecule has 8 heteroatoms. The first kappa shape index (κ1) is 20.6. The minimum Gasteiger partial charge on any atom is -0.494 e. The molecule has 0 saturated carbocycles. The molecule has 0 spiro atoms. The molecule has 150 valence electrons. The van der Waals surface area contributed by atoms with Crippen LogP contribution in [0.25, 0.3) is 10.2 Å². The van der Waals surface area contributed by atoms with Gasteiger partial charge in [0.25, 0.3) is 0 Å². The summed E-state index contributed by atoms with van der Waals surface area (Å²) in [6.45, 7) is 5.38. The zero-order valence-corrected chi connectivity index (χ0v) is 17.6. The highest BCUT2D eigenvalue weighted by Crippen LogP contribution is 2.21. The molecule has 0 bridgehead atoms. The molecule has 6 nitrogen and oxygen atoms in total. The summed E-state index contributed by atoms with van der Waals surface area (Å²) in [5.41, 5.74) is 1.90. The fourth-order valence-electron chi connectivity index (χ4n) is 3.01. The van der Waals surface area contributed by atoms with E-state index in [1.54, 1.807) is 22.8 Å². The fourth-order valence-corrected chi connectivity index (χ4v) is 5.18. The summed E-state index contributed by atoms with van der Waals surface area (Å²) in [6, 6.07) is 12.7. The predicted molar refractivity (Wildman–Crippen MR) is 113 cm³/mol. The van der Waals surface area contributed by atoms with Gasteiger partial charge in [-0.1, -0.05) is 23.5 Å². The number of rotatable bonds is 9. The van der Waals surface area contributed by atoms with E-state index < -0.39 is 10.0 Å². The van der Waals surface area contributed by atoms with Crippen molar-refractivity contribution in [3.8, 4) is 5.75 Å². The van der Waals surface area contributed by atoms with Crippen molar-refractivity contribution < 1.29 is 13.2 Å². The number of aromatic nitrogens is 1. The summed E-state index contributed by atoms with van der Waals surface area (Å²) in [6.07, 6.45) is 1.46. The molecule has 0 atom stereocenters. The van der Waals surface area contributed by atoms with Crippen LogP contribution in [0.3, 0.4) is 0 Å². The number of fused-ring (bicyclic) bond motifs is 1. The summed E-state index contributed by atoms with van der Waals surface area (Å²) in [7, 11) is -3.61. The maximum absolute atomic E-state index is 12.6. The van der Waals surface area contributed by atoms with Crippen molar-refractivity contribution >= 4 is 31.6 Å². The van der Waals surface area contributed by atoms with Crippen LogP contribution in [-0.4, -0.2) is 26.1 Å². The van der Waals surface area contributed by atoms with Gasteiger partial charge in [-0.3, -0.25) is 9.36 Å². The minimum absolute atomic E-state index is 0.0737. The molecule has 3 rings (SSSR count). The summed E-state index contributed by atoms with van der Waals surface area (Å²) in [5.74, 6) is 0.835. The van der Waals surface area contributed by atoms with Crippen molar-refractivity contribution in [2.45, 2.75) is 38.1 Å². The van der Waals surface area contributed by atoms with Crippen LogP contribution in [0.2, 0.25) is 0 Å². The van der Waals surface area contributed by atoms with E-state index in [1.807, 2.05) is 38.1 Å². The van der Waals surface area contributed by atoms with Crippen LogP contribution < -0.4 is 14.3 Å². The standard InChI is InChI=1S/C20H24N2O4S2/c1-3-22-18-12-11-17(14-19(18)27-20(22)23)28(24,25)21-13-5-6-15-7-9-16(10-8-15)26-4-2/h7-12,14,21H,3-6,13H2,1-2H3. The van der Waals surface area contributed by atoms with Gasteiger partial charge in [-0.05, 0) is 62.6 Å². The molecule has 0 unspecified atom stereocenters. The second-order valence-corrected chi connectivity index (χ2v) is 9.08. The van der Waals surface area contributed by atoms with E-state index in [1.165, 1.54) is 0 Å². The van der Waals surface area contributed by atoms with Gasteiger partial charge in [0.2, 0.25) is 10.0 Å². The van der Waals surface area contributed by atoms with Crippen molar-refractivity contribution in [3.63, 3.8) is 0 Å². The maximum atomic E-state index is 12.6. The van der Waals surface area contributed by atoms with Gasteiger partial charge in [0.05, 0.1) is 21.7 Å². The first-order chi connectivity index (χ1) is 13.4. The number of hydrogen-bond donors (Lipinski definition) is 1. The van der Waals surface area contributed by atoms with Crippen molar-refractivity contribution in [1.82, 2.24) is 9.29 Å². The molecule has 0 aliphatic rings. The van der Waals surface area contributed by atoms with Crippen molar-refractivity contribution in [1.29, 1.82) is 0 Å². The molecule has 0 amide bonds. The lowest BCUT2D eigenvalue weighted by Gasteiger charge is -2.08. The van der Waals surface area contributed by atoms with Gasteiger partial charge in [0, 0.05) is 13.1 Å². The predicted octanol–water partition coefficient (Wildman–Crippen LogP) is 3.39. The number of nitrogens with one attached hydrogen (secondary N) is 1. The highest BCUT2D eigenvalue weighted by molar-refractivity contribution is 7.89. The first-order valence-corrected chi connectivity index (χ1v) is 11.6. The van der Waals surface area contributed by atoms with E-state index in [0.29, 0.717) is 30.8 Å². The fraction of sp³-hybridized carbons (Fsp3) is 0.350. The summed E-state index contributed by atoms with van der Waals surface area (Å²) in [4.78, 5) is 12.1. The molecule has 2 aromatic carbocycles. The van der Waals surface area contributed by atoms with E-state index in [2.05, 4.69) is 4.72 Å². The lowest BCUT2D eigenvalue weighted by atomic mass is 10.1. The number of benzene rings is 2. The zero-order valence-electron chi connectivity index (χ0n) is 16.0. The van der Waals surface area contributed by atoms with Gasteiger partial charge in [-0.15, -0.1) is 0 Å². The van der Waals surface area contributed by atoms with Crippen LogP contribution >= 0.6 is 11.3 Å². The largest absolute Gasteiger partial charge is 0.494 e. The summed E-state index contributed by atoms with van der Waals surface area (Å²) < 4.78 is 35.5. The molecule has 0 saturated heterocycles. The SMILES string of the molecule is CCOc1ccc(CCCNS(=O)(=O)c2ccc3c(c2)sc(=O)n3CC)cc1. The quantitative estimate of drug-likeness (QED) is 0.538. The normalized spacial score (nSPS) is 11.8. The average Bonchev–Trinajstić information content (AvgIpc) is 3.01. The Labute approximate surface area is 168 Å². The highest BCUT2D eigenvalue weighted by atomic mass is 32.2. The van der Waals surface area contributed by atoms with Gasteiger partial charge >= 0.3 is 4.87 Å². The zero-order chi connectivity index (χ0) is 20.1. The maximum Gasteiger partial charge on any atom is 0.308 e. The molecule has 0 fully saturated rings. The molecule has 0 radical (unpaired) electrons. The van der Waals surface area contributed by atoms with Gasteiger partial charge < -0.3 is 4.74 Å². The Morgan fingerprint density at radius 3 is 2.54 bits per heavy atom. The number of aryl methyl sites for hydroxylation is 2. The molecule has 1 N–H and O–H groups in total. The Kier molecular flexibility index (Phi) is 6.53. The average molecular weight is 421 g/mol. The Morgan fingerprint density at radius 1 is 1.11 bits per heavy atom. The Hall–Kier alpha value is -2.16. The van der Waals surface area contributed by atoms with Crippen LogP contribution in [0, 0.1) is 0 Å². The van der Waals surface area contributed by atoms with Gasteiger partial charge in [0.15, 0.2) is 0 Å². The number of nitrogens with zero attached hydrogens (tertiary/aromatic N) is 1. The van der Waals surface area contributed by atoms with Gasteiger partial charge in [-0.2, -0.15) is 0 Å². The molecule has 3 aromatic rings. The molecule has 0 aliphatic heterocycles. The summed E-state index contributed by atoms with van der Waals surface area (Å²) in [5, 5.41) is 0. The third kappa shape index (κ3) is 4.63. The topological polar surface area (TPSA) is 77.4 Å². The molecule has 1 aromatic heterocycles.